The van der Waals surface area contributed by atoms with Crippen LogP contribution in [0, 0.1) is 6.92 Å². The maximum absolute atomic E-state index is 13.5. The minimum atomic E-state index is -0.820. The molecule has 1 N–H and O–H groups in total. The molecule has 3 aromatic rings. The van der Waals surface area contributed by atoms with E-state index in [4.69, 9.17) is 9.47 Å². The minimum Gasteiger partial charge on any atom is -0.507 e. The summed E-state index contributed by atoms with van der Waals surface area (Å²) in [6, 6.07) is 19.3. The molecule has 0 aromatic heterocycles. The van der Waals surface area contributed by atoms with Crippen LogP contribution in [0.15, 0.2) is 72.3 Å². The summed E-state index contributed by atoms with van der Waals surface area (Å²) in [6.07, 6.45) is 0. The molecule has 0 aliphatic carbocycles. The SMILES string of the molecule is CCN(CC)c1ccc(C2/C(=C(/O)c3ccc(OC)cc3OC)C(=O)C(=O)N2c2cccc(C)c2)cc1. The lowest BCUT2D eigenvalue weighted by atomic mass is 9.94. The monoisotopic (exact) mass is 500 g/mol. The van der Waals surface area contributed by atoms with Crippen molar-refractivity contribution in [2.75, 3.05) is 37.1 Å². The van der Waals surface area contributed by atoms with Crippen LogP contribution in [0.1, 0.15) is 36.6 Å². The summed E-state index contributed by atoms with van der Waals surface area (Å²) >= 11 is 0. The average Bonchev–Trinajstić information content (AvgIpc) is 3.19. The van der Waals surface area contributed by atoms with E-state index in [0.717, 1.165) is 24.3 Å². The van der Waals surface area contributed by atoms with Crippen LogP contribution in [0.25, 0.3) is 5.76 Å². The molecule has 1 aliphatic rings. The topological polar surface area (TPSA) is 79.3 Å². The fourth-order valence-electron chi connectivity index (χ4n) is 4.79. The standard InChI is InChI=1S/C30H32N2O5/c1-6-31(7-2)21-13-11-20(12-14-21)27-26(28(33)24-16-15-23(36-4)18-25(24)37-5)29(34)30(35)32(27)22-10-8-9-19(3)17-22/h8-18,27,33H,6-7H2,1-5H3/b28-26-. The number of anilines is 2. The number of carbonyl (C=O) groups is 2. The Bertz CT molecular complexity index is 1340. The first-order valence-electron chi connectivity index (χ1n) is 12.3. The fourth-order valence-corrected chi connectivity index (χ4v) is 4.79. The van der Waals surface area contributed by atoms with Gasteiger partial charge in [-0.25, -0.2) is 0 Å². The van der Waals surface area contributed by atoms with Crippen molar-refractivity contribution < 1.29 is 24.2 Å². The van der Waals surface area contributed by atoms with Gasteiger partial charge in [-0.2, -0.15) is 0 Å². The predicted octanol–water partition coefficient (Wildman–Crippen LogP) is 5.48. The number of ketones is 1. The minimum absolute atomic E-state index is 0.00515. The van der Waals surface area contributed by atoms with Crippen LogP contribution in [0.4, 0.5) is 11.4 Å². The van der Waals surface area contributed by atoms with Crippen molar-refractivity contribution >= 4 is 28.8 Å². The van der Waals surface area contributed by atoms with Gasteiger partial charge in [-0.3, -0.25) is 14.5 Å². The highest BCUT2D eigenvalue weighted by Gasteiger charge is 2.47. The van der Waals surface area contributed by atoms with E-state index in [1.165, 1.54) is 19.1 Å². The van der Waals surface area contributed by atoms with Crippen molar-refractivity contribution in [3.8, 4) is 11.5 Å². The highest BCUT2D eigenvalue weighted by Crippen LogP contribution is 2.44. The molecule has 3 aromatic carbocycles. The van der Waals surface area contributed by atoms with Gasteiger partial charge in [0.25, 0.3) is 11.7 Å². The molecule has 7 heteroatoms. The summed E-state index contributed by atoms with van der Waals surface area (Å²) in [6.45, 7) is 7.82. The van der Waals surface area contributed by atoms with Gasteiger partial charge in [0.2, 0.25) is 0 Å². The Morgan fingerprint density at radius 1 is 0.946 bits per heavy atom. The summed E-state index contributed by atoms with van der Waals surface area (Å²) in [4.78, 5) is 30.6. The van der Waals surface area contributed by atoms with Crippen LogP contribution in [0.2, 0.25) is 0 Å². The Morgan fingerprint density at radius 2 is 1.65 bits per heavy atom. The van der Waals surface area contributed by atoms with E-state index in [-0.39, 0.29) is 11.3 Å². The molecule has 4 rings (SSSR count). The Morgan fingerprint density at radius 3 is 2.24 bits per heavy atom. The second-order valence-electron chi connectivity index (χ2n) is 8.84. The average molecular weight is 501 g/mol. The summed E-state index contributed by atoms with van der Waals surface area (Å²) in [5.41, 5.74) is 3.59. The Kier molecular flexibility index (Phi) is 7.53. The molecule has 192 valence electrons. The van der Waals surface area contributed by atoms with Crippen molar-refractivity contribution in [2.45, 2.75) is 26.8 Å². The summed E-state index contributed by atoms with van der Waals surface area (Å²) in [5.74, 6) is -0.885. The van der Waals surface area contributed by atoms with E-state index in [9.17, 15) is 14.7 Å². The van der Waals surface area contributed by atoms with Gasteiger partial charge < -0.3 is 19.5 Å². The molecular formula is C30H32N2O5. The van der Waals surface area contributed by atoms with Gasteiger partial charge >= 0.3 is 0 Å². The lowest BCUT2D eigenvalue weighted by Crippen LogP contribution is -2.29. The quantitative estimate of drug-likeness (QED) is 0.251. The number of Topliss-reactive ketones (excluding diaryl/α,β-unsaturated/α-hetero) is 1. The largest absolute Gasteiger partial charge is 0.507 e. The molecule has 0 bridgehead atoms. The zero-order valence-corrected chi connectivity index (χ0v) is 21.8. The van der Waals surface area contributed by atoms with Crippen LogP contribution in [0.5, 0.6) is 11.5 Å². The van der Waals surface area contributed by atoms with Crippen molar-refractivity contribution in [3.05, 3.63) is 89.0 Å². The number of ether oxygens (including phenoxy) is 2. The molecule has 1 heterocycles. The number of hydrogen-bond donors (Lipinski definition) is 1. The summed E-state index contributed by atoms with van der Waals surface area (Å²) < 4.78 is 10.7. The number of rotatable bonds is 8. The number of methoxy groups -OCH3 is 2. The Balaban J connectivity index is 1.93. The first kappa shape index (κ1) is 25.8. The van der Waals surface area contributed by atoms with Crippen molar-refractivity contribution in [3.63, 3.8) is 0 Å². The lowest BCUT2D eigenvalue weighted by Gasteiger charge is -2.27. The van der Waals surface area contributed by atoms with Crippen LogP contribution in [-0.2, 0) is 9.59 Å². The molecule has 1 fully saturated rings. The molecule has 0 spiro atoms. The number of aryl methyl sites for hydroxylation is 1. The van der Waals surface area contributed by atoms with Gasteiger partial charge in [-0.1, -0.05) is 24.3 Å². The number of amides is 1. The number of aliphatic hydroxyl groups excluding tert-OH is 1. The Labute approximate surface area is 217 Å². The molecule has 0 radical (unpaired) electrons. The lowest BCUT2D eigenvalue weighted by molar-refractivity contribution is -0.132. The first-order chi connectivity index (χ1) is 17.8. The van der Waals surface area contributed by atoms with E-state index in [0.29, 0.717) is 28.3 Å². The smallest absolute Gasteiger partial charge is 0.300 e. The Hall–Kier alpha value is -4.26. The molecule has 1 amide bonds. The van der Waals surface area contributed by atoms with E-state index in [2.05, 4.69) is 18.7 Å². The number of carbonyl (C=O) groups excluding carboxylic acids is 2. The van der Waals surface area contributed by atoms with Gasteiger partial charge in [0, 0.05) is 30.5 Å². The van der Waals surface area contributed by atoms with Crippen molar-refractivity contribution in [1.29, 1.82) is 0 Å². The molecule has 1 atom stereocenters. The van der Waals surface area contributed by atoms with E-state index in [1.807, 2.05) is 49.4 Å². The molecule has 0 saturated carbocycles. The van der Waals surface area contributed by atoms with E-state index in [1.54, 1.807) is 24.3 Å². The van der Waals surface area contributed by atoms with Crippen LogP contribution in [0.3, 0.4) is 0 Å². The second-order valence-corrected chi connectivity index (χ2v) is 8.84. The molecule has 1 aliphatic heterocycles. The van der Waals surface area contributed by atoms with Crippen LogP contribution in [-0.4, -0.2) is 44.1 Å². The molecule has 1 unspecified atom stereocenters. The number of hydrogen-bond acceptors (Lipinski definition) is 6. The molecule has 1 saturated heterocycles. The highest BCUT2D eigenvalue weighted by atomic mass is 16.5. The highest BCUT2D eigenvalue weighted by molar-refractivity contribution is 6.51. The molecular weight excluding hydrogens is 468 g/mol. The molecule has 37 heavy (non-hydrogen) atoms. The van der Waals surface area contributed by atoms with Gasteiger partial charge in [0.1, 0.15) is 17.3 Å². The third-order valence-electron chi connectivity index (χ3n) is 6.73. The summed E-state index contributed by atoms with van der Waals surface area (Å²) in [7, 11) is 3.00. The zero-order chi connectivity index (χ0) is 26.7. The third-order valence-corrected chi connectivity index (χ3v) is 6.73. The number of aliphatic hydroxyl groups is 1. The van der Waals surface area contributed by atoms with Crippen LogP contribution >= 0.6 is 0 Å². The van der Waals surface area contributed by atoms with Gasteiger partial charge in [0.05, 0.1) is 31.4 Å². The van der Waals surface area contributed by atoms with Gasteiger partial charge in [0.15, 0.2) is 0 Å². The normalized spacial score (nSPS) is 16.7. The molecule has 7 nitrogen and oxygen atoms in total. The van der Waals surface area contributed by atoms with Gasteiger partial charge in [-0.05, 0) is 68.3 Å². The van der Waals surface area contributed by atoms with Gasteiger partial charge in [-0.15, -0.1) is 0 Å². The van der Waals surface area contributed by atoms with Crippen molar-refractivity contribution in [1.82, 2.24) is 0 Å². The zero-order valence-electron chi connectivity index (χ0n) is 21.8. The van der Waals surface area contributed by atoms with E-state index < -0.39 is 17.7 Å². The second kappa shape index (κ2) is 10.8. The maximum atomic E-state index is 13.5. The maximum Gasteiger partial charge on any atom is 0.300 e. The van der Waals surface area contributed by atoms with Crippen LogP contribution < -0.4 is 19.3 Å². The predicted molar refractivity (Wildman–Crippen MR) is 146 cm³/mol. The van der Waals surface area contributed by atoms with E-state index >= 15 is 0 Å². The third kappa shape index (κ3) is 4.77. The summed E-state index contributed by atoms with van der Waals surface area (Å²) in [5, 5.41) is 11.5. The first-order valence-corrected chi connectivity index (χ1v) is 12.3. The van der Waals surface area contributed by atoms with Crippen molar-refractivity contribution in [2.24, 2.45) is 0 Å². The number of benzene rings is 3. The number of nitrogens with zero attached hydrogens (tertiary/aromatic N) is 2. The fraction of sp³-hybridized carbons (Fsp3) is 0.267.